The van der Waals surface area contributed by atoms with E-state index in [0.29, 0.717) is 30.8 Å². The van der Waals surface area contributed by atoms with E-state index in [1.165, 1.54) is 29.6 Å². The molecule has 150 valence electrons. The summed E-state index contributed by atoms with van der Waals surface area (Å²) in [4.78, 5) is 12.7. The number of aryl methyl sites for hydroxylation is 1. The van der Waals surface area contributed by atoms with Gasteiger partial charge in [0.1, 0.15) is 5.75 Å². The number of ether oxygens (including phenoxy) is 1. The average Bonchev–Trinajstić information content (AvgIpc) is 2.69. The second-order valence-corrected chi connectivity index (χ2v) is 9.20. The number of methoxy groups -OCH3 is 1. The Labute approximate surface area is 170 Å². The minimum Gasteiger partial charge on any atom is -0.495 e. The van der Waals surface area contributed by atoms with Crippen molar-refractivity contribution in [2.45, 2.75) is 24.7 Å². The summed E-state index contributed by atoms with van der Waals surface area (Å²) in [6.07, 6.45) is 1.27. The summed E-state index contributed by atoms with van der Waals surface area (Å²) in [5.41, 5.74) is 1.81. The summed E-state index contributed by atoms with van der Waals surface area (Å²) in [6.45, 7) is 2.49. The van der Waals surface area contributed by atoms with Crippen molar-refractivity contribution in [3.8, 4) is 5.75 Å². The summed E-state index contributed by atoms with van der Waals surface area (Å²) in [7, 11) is -2.27. The number of carbonyl (C=O) groups is 1. The molecule has 28 heavy (non-hydrogen) atoms. The summed E-state index contributed by atoms with van der Waals surface area (Å²) in [6, 6.07) is 11.9. The summed E-state index contributed by atoms with van der Waals surface area (Å²) < 4.78 is 32.4. The molecular formula is C20H23ClN2O4S. The number of hydrogen-bond acceptors (Lipinski definition) is 4. The monoisotopic (exact) mass is 422 g/mol. The van der Waals surface area contributed by atoms with Crippen LogP contribution in [0, 0.1) is 12.8 Å². The Balaban J connectivity index is 1.73. The highest BCUT2D eigenvalue weighted by Crippen LogP contribution is 2.30. The van der Waals surface area contributed by atoms with E-state index in [4.69, 9.17) is 16.3 Å². The van der Waals surface area contributed by atoms with Gasteiger partial charge in [0.25, 0.3) is 0 Å². The van der Waals surface area contributed by atoms with E-state index in [1.54, 1.807) is 0 Å². The first-order valence-electron chi connectivity index (χ1n) is 9.02. The van der Waals surface area contributed by atoms with Crippen molar-refractivity contribution >= 4 is 33.2 Å². The summed E-state index contributed by atoms with van der Waals surface area (Å²) in [5, 5.41) is 3.11. The molecule has 0 aliphatic carbocycles. The minimum atomic E-state index is -3.74. The van der Waals surface area contributed by atoms with Gasteiger partial charge in [0.05, 0.1) is 22.9 Å². The number of sulfonamides is 1. The third-order valence-corrected chi connectivity index (χ3v) is 6.99. The standard InChI is InChI=1S/C20H23ClN2O4S/c1-14-5-7-16(8-6-14)22-20(24)15-4-3-11-23(13-15)28(25,26)17-9-10-19(27-2)18(21)12-17/h5-10,12,15H,3-4,11,13H2,1-2H3,(H,22,24)/t15-/m1/s1. The highest BCUT2D eigenvalue weighted by Gasteiger charge is 2.33. The Morgan fingerprint density at radius 3 is 2.57 bits per heavy atom. The first-order valence-corrected chi connectivity index (χ1v) is 10.8. The van der Waals surface area contributed by atoms with Gasteiger partial charge in [-0.2, -0.15) is 4.31 Å². The molecule has 1 atom stereocenters. The first kappa shape index (κ1) is 20.6. The van der Waals surface area contributed by atoms with Gasteiger partial charge in [0.15, 0.2) is 0 Å². The summed E-state index contributed by atoms with van der Waals surface area (Å²) in [5.74, 6) is -0.162. The van der Waals surface area contributed by atoms with Crippen LogP contribution in [0.2, 0.25) is 5.02 Å². The van der Waals surface area contributed by atoms with Crippen molar-refractivity contribution < 1.29 is 17.9 Å². The molecule has 1 aliphatic heterocycles. The van der Waals surface area contributed by atoms with E-state index < -0.39 is 15.9 Å². The topological polar surface area (TPSA) is 75.7 Å². The zero-order valence-electron chi connectivity index (χ0n) is 15.8. The lowest BCUT2D eigenvalue weighted by molar-refractivity contribution is -0.120. The summed E-state index contributed by atoms with van der Waals surface area (Å²) >= 11 is 6.08. The fraction of sp³-hybridized carbons (Fsp3) is 0.350. The van der Waals surface area contributed by atoms with E-state index >= 15 is 0 Å². The van der Waals surface area contributed by atoms with Gasteiger partial charge < -0.3 is 10.1 Å². The Kier molecular flexibility index (Phi) is 6.27. The van der Waals surface area contributed by atoms with Gasteiger partial charge in [0.2, 0.25) is 15.9 Å². The molecule has 1 N–H and O–H groups in total. The zero-order chi connectivity index (χ0) is 20.3. The van der Waals surface area contributed by atoms with Crippen molar-refractivity contribution in [1.82, 2.24) is 4.31 Å². The van der Waals surface area contributed by atoms with E-state index in [-0.39, 0.29) is 22.4 Å². The van der Waals surface area contributed by atoms with Crippen molar-refractivity contribution in [1.29, 1.82) is 0 Å². The van der Waals surface area contributed by atoms with Gasteiger partial charge in [-0.15, -0.1) is 0 Å². The molecule has 1 heterocycles. The predicted molar refractivity (Wildman–Crippen MR) is 109 cm³/mol. The molecule has 1 amide bonds. The van der Waals surface area contributed by atoms with Crippen LogP contribution in [-0.4, -0.2) is 38.8 Å². The van der Waals surface area contributed by atoms with Gasteiger partial charge >= 0.3 is 0 Å². The van der Waals surface area contributed by atoms with Crippen LogP contribution >= 0.6 is 11.6 Å². The maximum atomic E-state index is 13.0. The van der Waals surface area contributed by atoms with Crippen LogP contribution in [0.25, 0.3) is 0 Å². The van der Waals surface area contributed by atoms with E-state index in [0.717, 1.165) is 5.56 Å². The molecule has 1 saturated heterocycles. The Hall–Kier alpha value is -2.09. The molecule has 0 bridgehead atoms. The molecule has 2 aromatic carbocycles. The number of amides is 1. The van der Waals surface area contributed by atoms with Gasteiger partial charge in [-0.25, -0.2) is 8.42 Å². The van der Waals surface area contributed by atoms with Gasteiger partial charge in [0, 0.05) is 18.8 Å². The quantitative estimate of drug-likeness (QED) is 0.797. The van der Waals surface area contributed by atoms with Crippen LogP contribution in [0.1, 0.15) is 18.4 Å². The molecule has 0 unspecified atom stereocenters. The Morgan fingerprint density at radius 1 is 1.21 bits per heavy atom. The average molecular weight is 423 g/mol. The number of piperidine rings is 1. The molecule has 0 radical (unpaired) electrons. The predicted octanol–water partition coefficient (Wildman–Crippen LogP) is 3.70. The number of rotatable bonds is 5. The van der Waals surface area contributed by atoms with Gasteiger partial charge in [-0.05, 0) is 50.1 Å². The largest absolute Gasteiger partial charge is 0.495 e. The first-order chi connectivity index (χ1) is 13.3. The molecule has 6 nitrogen and oxygen atoms in total. The molecule has 0 aromatic heterocycles. The third-order valence-electron chi connectivity index (χ3n) is 4.84. The fourth-order valence-corrected chi connectivity index (χ4v) is 5.09. The Bertz CT molecular complexity index is 961. The number of nitrogens with one attached hydrogen (secondary N) is 1. The lowest BCUT2D eigenvalue weighted by atomic mass is 9.98. The van der Waals surface area contributed by atoms with E-state index in [1.807, 2.05) is 31.2 Å². The Morgan fingerprint density at radius 2 is 1.93 bits per heavy atom. The van der Waals surface area contributed by atoms with Crippen molar-refractivity contribution in [3.63, 3.8) is 0 Å². The maximum absolute atomic E-state index is 13.0. The normalized spacial score (nSPS) is 17.9. The molecule has 0 spiro atoms. The minimum absolute atomic E-state index is 0.0953. The number of carbonyl (C=O) groups excluding carboxylic acids is 1. The van der Waals surface area contributed by atoms with Crippen LogP contribution in [0.5, 0.6) is 5.75 Å². The number of anilines is 1. The number of halogens is 1. The number of benzene rings is 2. The number of hydrogen-bond donors (Lipinski definition) is 1. The van der Waals surface area contributed by atoms with Crippen LogP contribution in [0.15, 0.2) is 47.4 Å². The fourth-order valence-electron chi connectivity index (χ4n) is 3.21. The lowest BCUT2D eigenvalue weighted by Crippen LogP contribution is -2.43. The van der Waals surface area contributed by atoms with Crippen LogP contribution in [0.3, 0.4) is 0 Å². The SMILES string of the molecule is COc1ccc(S(=O)(=O)N2CCC[C@@H](C(=O)Nc3ccc(C)cc3)C2)cc1Cl. The van der Waals surface area contributed by atoms with Crippen LogP contribution < -0.4 is 10.1 Å². The second-order valence-electron chi connectivity index (χ2n) is 6.85. The van der Waals surface area contributed by atoms with Gasteiger partial charge in [-0.1, -0.05) is 29.3 Å². The van der Waals surface area contributed by atoms with E-state index in [9.17, 15) is 13.2 Å². The second kappa shape index (κ2) is 8.51. The van der Waals surface area contributed by atoms with Crippen molar-refractivity contribution in [3.05, 3.63) is 53.1 Å². The third kappa shape index (κ3) is 4.48. The lowest BCUT2D eigenvalue weighted by Gasteiger charge is -2.31. The molecule has 8 heteroatoms. The molecule has 1 aliphatic rings. The van der Waals surface area contributed by atoms with Gasteiger partial charge in [-0.3, -0.25) is 4.79 Å². The van der Waals surface area contributed by atoms with E-state index in [2.05, 4.69) is 5.32 Å². The van der Waals surface area contributed by atoms with Crippen LogP contribution in [-0.2, 0) is 14.8 Å². The highest BCUT2D eigenvalue weighted by molar-refractivity contribution is 7.89. The molecule has 3 rings (SSSR count). The van der Waals surface area contributed by atoms with Crippen LogP contribution in [0.4, 0.5) is 5.69 Å². The molecular weight excluding hydrogens is 400 g/mol. The zero-order valence-corrected chi connectivity index (χ0v) is 17.4. The van der Waals surface area contributed by atoms with Crippen molar-refractivity contribution in [2.75, 3.05) is 25.5 Å². The molecule has 2 aromatic rings. The smallest absolute Gasteiger partial charge is 0.243 e. The van der Waals surface area contributed by atoms with Crippen molar-refractivity contribution in [2.24, 2.45) is 5.92 Å². The maximum Gasteiger partial charge on any atom is 0.243 e. The highest BCUT2D eigenvalue weighted by atomic mass is 35.5. The molecule has 0 saturated carbocycles. The number of nitrogens with zero attached hydrogens (tertiary/aromatic N) is 1. The molecule has 1 fully saturated rings.